The Morgan fingerprint density at radius 2 is 1.83 bits per heavy atom. The van der Waals surface area contributed by atoms with Gasteiger partial charge in [-0.2, -0.15) is 0 Å². The number of halogens is 1. The molecule has 2 aromatic carbocycles. The molecule has 0 saturated carbocycles. The molecule has 2 rings (SSSR count). The largest absolute Gasteiger partial charge is 0.305 e. The maximum absolute atomic E-state index is 12.8. The number of sulfonamides is 1. The van der Waals surface area contributed by atoms with Crippen molar-refractivity contribution in [2.75, 3.05) is 18.8 Å². The van der Waals surface area contributed by atoms with Crippen LogP contribution in [0.4, 0.5) is 5.69 Å². The number of anilines is 1. The van der Waals surface area contributed by atoms with E-state index in [0.29, 0.717) is 17.0 Å². The summed E-state index contributed by atoms with van der Waals surface area (Å²) in [7, 11) is 0.358. The molecule has 0 fully saturated rings. The zero-order valence-corrected chi connectivity index (χ0v) is 16.8. The van der Waals surface area contributed by atoms with E-state index >= 15 is 0 Å². The number of nitrogens with one attached hydrogen (secondary N) is 1. The highest BCUT2D eigenvalue weighted by molar-refractivity contribution is 9.10. The molecular weight excluding hydrogens is 388 g/mol. The SMILES string of the molecule is CCc1cc(Br)ccc1S(=O)(=O)Nc1cccc(CN(C)C)c1C. The van der Waals surface area contributed by atoms with Gasteiger partial charge in [-0.25, -0.2) is 8.42 Å². The quantitative estimate of drug-likeness (QED) is 0.776. The molecule has 4 nitrogen and oxygen atoms in total. The minimum atomic E-state index is -3.63. The first-order valence-electron chi connectivity index (χ1n) is 7.79. The maximum atomic E-state index is 12.8. The van der Waals surface area contributed by atoms with E-state index < -0.39 is 10.0 Å². The van der Waals surface area contributed by atoms with E-state index in [4.69, 9.17) is 0 Å². The summed E-state index contributed by atoms with van der Waals surface area (Å²) in [5, 5.41) is 0. The van der Waals surface area contributed by atoms with Crippen LogP contribution in [0.1, 0.15) is 23.6 Å². The summed E-state index contributed by atoms with van der Waals surface area (Å²) >= 11 is 3.39. The van der Waals surface area contributed by atoms with Crippen molar-refractivity contribution in [1.82, 2.24) is 4.90 Å². The van der Waals surface area contributed by atoms with Gasteiger partial charge in [-0.1, -0.05) is 35.0 Å². The van der Waals surface area contributed by atoms with Crippen molar-refractivity contribution < 1.29 is 8.42 Å². The first-order valence-corrected chi connectivity index (χ1v) is 10.1. The Kier molecular flexibility index (Phi) is 6.06. The summed E-state index contributed by atoms with van der Waals surface area (Å²) in [6, 6.07) is 10.9. The Balaban J connectivity index is 2.40. The Hall–Kier alpha value is -1.37. The van der Waals surface area contributed by atoms with Gasteiger partial charge < -0.3 is 4.90 Å². The molecule has 0 aromatic heterocycles. The zero-order valence-electron chi connectivity index (χ0n) is 14.4. The predicted octanol–water partition coefficient (Wildman–Crippen LogP) is 4.18. The maximum Gasteiger partial charge on any atom is 0.262 e. The first kappa shape index (κ1) is 19.0. The van der Waals surface area contributed by atoms with Crippen LogP contribution in [0, 0.1) is 6.92 Å². The van der Waals surface area contributed by atoms with Crippen molar-refractivity contribution >= 4 is 31.6 Å². The molecule has 0 radical (unpaired) electrons. The van der Waals surface area contributed by atoms with Crippen molar-refractivity contribution in [1.29, 1.82) is 0 Å². The van der Waals surface area contributed by atoms with E-state index in [2.05, 4.69) is 25.6 Å². The van der Waals surface area contributed by atoms with Crippen LogP contribution in [0.15, 0.2) is 45.8 Å². The van der Waals surface area contributed by atoms with Crippen molar-refractivity contribution in [2.45, 2.75) is 31.7 Å². The second kappa shape index (κ2) is 7.68. The normalized spacial score (nSPS) is 11.8. The number of benzene rings is 2. The Bertz CT molecular complexity index is 833. The number of nitrogens with zero attached hydrogens (tertiary/aromatic N) is 1. The minimum absolute atomic E-state index is 0.325. The summed E-state index contributed by atoms with van der Waals surface area (Å²) in [6.45, 7) is 4.66. The summed E-state index contributed by atoms with van der Waals surface area (Å²) in [5.74, 6) is 0. The van der Waals surface area contributed by atoms with Crippen LogP contribution in [0.2, 0.25) is 0 Å². The minimum Gasteiger partial charge on any atom is -0.305 e. The van der Waals surface area contributed by atoms with E-state index in [1.165, 1.54) is 0 Å². The highest BCUT2D eigenvalue weighted by Crippen LogP contribution is 2.26. The fourth-order valence-electron chi connectivity index (χ4n) is 2.59. The van der Waals surface area contributed by atoms with Crippen molar-refractivity contribution in [3.63, 3.8) is 0 Å². The second-order valence-electron chi connectivity index (χ2n) is 6.04. The molecular formula is C18H23BrN2O2S. The van der Waals surface area contributed by atoms with Gasteiger partial charge in [0.2, 0.25) is 0 Å². The molecule has 0 atom stereocenters. The lowest BCUT2D eigenvalue weighted by Gasteiger charge is -2.17. The van der Waals surface area contributed by atoms with Gasteiger partial charge >= 0.3 is 0 Å². The number of hydrogen-bond acceptors (Lipinski definition) is 3. The summed E-state index contributed by atoms with van der Waals surface area (Å²) in [6.07, 6.45) is 0.648. The van der Waals surface area contributed by atoms with Gasteiger partial charge in [0.15, 0.2) is 0 Å². The molecule has 0 aliphatic heterocycles. The van der Waals surface area contributed by atoms with Crippen LogP contribution >= 0.6 is 15.9 Å². The lowest BCUT2D eigenvalue weighted by Crippen LogP contribution is -2.17. The first-order chi connectivity index (χ1) is 11.2. The van der Waals surface area contributed by atoms with Crippen molar-refractivity contribution in [3.8, 4) is 0 Å². The Labute approximate surface area is 153 Å². The third-order valence-corrected chi connectivity index (χ3v) is 5.83. The average Bonchev–Trinajstić information content (AvgIpc) is 2.50. The molecule has 0 aliphatic carbocycles. The van der Waals surface area contributed by atoms with E-state index in [-0.39, 0.29) is 0 Å². The number of rotatable bonds is 6. The van der Waals surface area contributed by atoms with Crippen LogP contribution in [0.3, 0.4) is 0 Å². The number of aryl methyl sites for hydroxylation is 1. The second-order valence-corrected chi connectivity index (χ2v) is 8.61. The van der Waals surface area contributed by atoms with Gasteiger partial charge in [0, 0.05) is 11.0 Å². The molecule has 6 heteroatoms. The molecule has 0 saturated heterocycles. The van der Waals surface area contributed by atoms with E-state index in [1.54, 1.807) is 18.2 Å². The molecule has 0 amide bonds. The zero-order chi connectivity index (χ0) is 17.9. The highest BCUT2D eigenvalue weighted by atomic mass is 79.9. The van der Waals surface area contributed by atoms with Gasteiger partial charge in [0.1, 0.15) is 0 Å². The molecule has 2 aromatic rings. The van der Waals surface area contributed by atoms with Crippen LogP contribution in [0.25, 0.3) is 0 Å². The van der Waals surface area contributed by atoms with Gasteiger partial charge in [0.05, 0.1) is 10.6 Å². The fourth-order valence-corrected chi connectivity index (χ4v) is 4.42. The number of hydrogen-bond donors (Lipinski definition) is 1. The van der Waals surface area contributed by atoms with E-state index in [1.807, 2.05) is 46.1 Å². The van der Waals surface area contributed by atoms with Crippen LogP contribution in [0.5, 0.6) is 0 Å². The Morgan fingerprint density at radius 1 is 1.12 bits per heavy atom. The van der Waals surface area contributed by atoms with Crippen LogP contribution < -0.4 is 4.72 Å². The third-order valence-electron chi connectivity index (χ3n) is 3.87. The molecule has 24 heavy (non-hydrogen) atoms. The van der Waals surface area contributed by atoms with E-state index in [9.17, 15) is 8.42 Å². The molecule has 0 aliphatic rings. The van der Waals surface area contributed by atoms with Crippen molar-refractivity contribution in [3.05, 3.63) is 57.6 Å². The predicted molar refractivity (Wildman–Crippen MR) is 103 cm³/mol. The summed E-state index contributed by atoms with van der Waals surface area (Å²) < 4.78 is 29.3. The highest BCUT2D eigenvalue weighted by Gasteiger charge is 2.19. The van der Waals surface area contributed by atoms with Crippen LogP contribution in [-0.2, 0) is 23.0 Å². The van der Waals surface area contributed by atoms with Gasteiger partial charge in [-0.05, 0) is 68.4 Å². The average molecular weight is 411 g/mol. The molecule has 0 spiro atoms. The van der Waals surface area contributed by atoms with Gasteiger partial charge in [-0.15, -0.1) is 0 Å². The lowest BCUT2D eigenvalue weighted by molar-refractivity contribution is 0.401. The van der Waals surface area contributed by atoms with E-state index in [0.717, 1.165) is 27.7 Å². The molecule has 1 N–H and O–H groups in total. The summed E-state index contributed by atoms with van der Waals surface area (Å²) in [4.78, 5) is 2.38. The van der Waals surface area contributed by atoms with Crippen LogP contribution in [-0.4, -0.2) is 27.4 Å². The smallest absolute Gasteiger partial charge is 0.262 e. The van der Waals surface area contributed by atoms with Crippen molar-refractivity contribution in [2.24, 2.45) is 0 Å². The van der Waals surface area contributed by atoms with Gasteiger partial charge in [-0.3, -0.25) is 4.72 Å². The summed E-state index contributed by atoms with van der Waals surface area (Å²) in [5.41, 5.74) is 3.47. The topological polar surface area (TPSA) is 49.4 Å². The van der Waals surface area contributed by atoms with Gasteiger partial charge in [0.25, 0.3) is 10.0 Å². The molecule has 130 valence electrons. The Morgan fingerprint density at radius 3 is 2.46 bits per heavy atom. The monoisotopic (exact) mass is 410 g/mol. The third kappa shape index (κ3) is 4.37. The molecule has 0 heterocycles. The fraction of sp³-hybridized carbons (Fsp3) is 0.333. The standard InChI is InChI=1S/C18H23BrN2O2S/c1-5-14-11-16(19)9-10-18(14)24(22,23)20-17-8-6-7-15(13(17)2)12-21(3)4/h6-11,20H,5,12H2,1-4H3. The molecule has 0 unspecified atom stereocenters. The lowest BCUT2D eigenvalue weighted by atomic mass is 10.1. The molecule has 0 bridgehead atoms.